The molecule has 0 spiro atoms. The maximum absolute atomic E-state index is 12.1. The van der Waals surface area contributed by atoms with E-state index < -0.39 is 0 Å². The maximum Gasteiger partial charge on any atom is 0.227 e. The van der Waals surface area contributed by atoms with Crippen LogP contribution in [0.2, 0.25) is 5.02 Å². The molecule has 120 valence electrons. The number of benzene rings is 1. The third kappa shape index (κ3) is 4.21. The van der Waals surface area contributed by atoms with E-state index in [-0.39, 0.29) is 17.9 Å². The Morgan fingerprint density at radius 2 is 2.00 bits per heavy atom. The number of halogens is 1. The lowest BCUT2D eigenvalue weighted by atomic mass is 10.1. The van der Waals surface area contributed by atoms with Crippen molar-refractivity contribution >= 4 is 23.2 Å². The largest absolute Gasteiger partial charge is 0.439 e. The van der Waals surface area contributed by atoms with Gasteiger partial charge in [0.15, 0.2) is 0 Å². The smallest absolute Gasteiger partial charge is 0.227 e. The number of ether oxygens (including phenoxy) is 1. The topological polar surface area (TPSA) is 77.2 Å². The zero-order chi connectivity index (χ0) is 16.2. The van der Waals surface area contributed by atoms with Crippen LogP contribution in [0, 0.1) is 5.92 Å². The van der Waals surface area contributed by atoms with E-state index in [1.807, 2.05) is 0 Å². The fourth-order valence-corrected chi connectivity index (χ4v) is 2.76. The van der Waals surface area contributed by atoms with Gasteiger partial charge in [0, 0.05) is 29.9 Å². The normalized spacial score (nSPS) is 20.3. The van der Waals surface area contributed by atoms with Gasteiger partial charge in [-0.2, -0.15) is 0 Å². The molecule has 2 unspecified atom stereocenters. The zero-order valence-corrected chi connectivity index (χ0v) is 13.3. The summed E-state index contributed by atoms with van der Waals surface area (Å²) in [6, 6.07) is 10.7. The highest BCUT2D eigenvalue weighted by Crippen LogP contribution is 2.26. The standard InChI is InChI=1S/C17H18ClN3O2/c18-12-2-8-16(20-10-12)23-15-6-4-14(5-7-15)21-17(22)11-1-3-13(19)9-11/h2,4-8,10-11,13H,1,3,9,19H2,(H,21,22). The third-order valence-electron chi connectivity index (χ3n) is 3.89. The number of hydrogen-bond acceptors (Lipinski definition) is 4. The molecule has 2 aromatic rings. The lowest BCUT2D eigenvalue weighted by molar-refractivity contribution is -0.119. The van der Waals surface area contributed by atoms with Crippen molar-refractivity contribution in [2.24, 2.45) is 11.7 Å². The van der Waals surface area contributed by atoms with Gasteiger partial charge in [-0.15, -0.1) is 0 Å². The molecule has 2 atom stereocenters. The molecule has 23 heavy (non-hydrogen) atoms. The lowest BCUT2D eigenvalue weighted by Gasteiger charge is -2.11. The van der Waals surface area contributed by atoms with Gasteiger partial charge in [0.1, 0.15) is 5.75 Å². The minimum absolute atomic E-state index is 0.0131. The van der Waals surface area contributed by atoms with Crippen molar-refractivity contribution in [3.8, 4) is 11.6 Å². The van der Waals surface area contributed by atoms with Gasteiger partial charge in [-0.25, -0.2) is 4.98 Å². The van der Waals surface area contributed by atoms with Crippen LogP contribution in [-0.2, 0) is 4.79 Å². The fourth-order valence-electron chi connectivity index (χ4n) is 2.65. The van der Waals surface area contributed by atoms with Crippen molar-refractivity contribution in [3.63, 3.8) is 0 Å². The molecule has 3 N–H and O–H groups in total. The van der Waals surface area contributed by atoms with E-state index in [4.69, 9.17) is 22.1 Å². The highest BCUT2D eigenvalue weighted by atomic mass is 35.5. The molecule has 1 saturated carbocycles. The summed E-state index contributed by atoms with van der Waals surface area (Å²) in [7, 11) is 0. The van der Waals surface area contributed by atoms with E-state index in [0.29, 0.717) is 16.7 Å². The van der Waals surface area contributed by atoms with E-state index in [1.165, 1.54) is 6.20 Å². The molecule has 5 nitrogen and oxygen atoms in total. The highest BCUT2D eigenvalue weighted by molar-refractivity contribution is 6.30. The minimum Gasteiger partial charge on any atom is -0.439 e. The molecule has 3 rings (SSSR count). The third-order valence-corrected chi connectivity index (χ3v) is 4.11. The SMILES string of the molecule is NC1CCC(C(=O)Nc2ccc(Oc3ccc(Cl)cn3)cc2)C1. The van der Waals surface area contributed by atoms with Crippen LogP contribution in [0.3, 0.4) is 0 Å². The first-order valence-corrected chi connectivity index (χ1v) is 7.94. The number of hydrogen-bond donors (Lipinski definition) is 2. The van der Waals surface area contributed by atoms with E-state index in [9.17, 15) is 4.79 Å². The van der Waals surface area contributed by atoms with E-state index in [0.717, 1.165) is 24.9 Å². The molecule has 0 saturated heterocycles. The molecule has 1 aromatic heterocycles. The Bertz CT molecular complexity index is 673. The predicted molar refractivity (Wildman–Crippen MR) is 89.7 cm³/mol. The fraction of sp³-hybridized carbons (Fsp3) is 0.294. The summed E-state index contributed by atoms with van der Waals surface area (Å²) in [5.41, 5.74) is 6.59. The Morgan fingerprint density at radius 3 is 2.61 bits per heavy atom. The van der Waals surface area contributed by atoms with Crippen LogP contribution < -0.4 is 15.8 Å². The second kappa shape index (κ2) is 6.98. The molecule has 1 aliphatic carbocycles. The number of aromatic nitrogens is 1. The summed E-state index contributed by atoms with van der Waals surface area (Å²) in [5.74, 6) is 1.15. The molecule has 1 aromatic carbocycles. The Morgan fingerprint density at radius 1 is 1.22 bits per heavy atom. The van der Waals surface area contributed by atoms with Crippen LogP contribution in [-0.4, -0.2) is 16.9 Å². The molecule has 0 aliphatic heterocycles. The summed E-state index contributed by atoms with van der Waals surface area (Å²) < 4.78 is 5.61. The summed E-state index contributed by atoms with van der Waals surface area (Å²) in [5, 5.41) is 3.48. The van der Waals surface area contributed by atoms with Crippen molar-refractivity contribution < 1.29 is 9.53 Å². The van der Waals surface area contributed by atoms with Crippen LogP contribution in [0.4, 0.5) is 5.69 Å². The van der Waals surface area contributed by atoms with Gasteiger partial charge >= 0.3 is 0 Å². The molecule has 0 bridgehead atoms. The first-order chi connectivity index (χ1) is 11.1. The second-order valence-electron chi connectivity index (χ2n) is 5.70. The number of nitrogens with zero attached hydrogens (tertiary/aromatic N) is 1. The van der Waals surface area contributed by atoms with Crippen molar-refractivity contribution in [1.82, 2.24) is 4.98 Å². The summed E-state index contributed by atoms with van der Waals surface area (Å²) in [4.78, 5) is 16.2. The van der Waals surface area contributed by atoms with Gasteiger partial charge in [0.25, 0.3) is 0 Å². The molecule has 1 fully saturated rings. The van der Waals surface area contributed by atoms with Crippen LogP contribution in [0.1, 0.15) is 19.3 Å². The monoisotopic (exact) mass is 331 g/mol. The highest BCUT2D eigenvalue weighted by Gasteiger charge is 2.27. The number of nitrogens with two attached hydrogens (primary N) is 1. The number of pyridine rings is 1. The molecule has 1 aliphatic rings. The molecule has 6 heteroatoms. The Labute approximate surface area is 139 Å². The molecular formula is C17H18ClN3O2. The van der Waals surface area contributed by atoms with Gasteiger partial charge in [0.2, 0.25) is 11.8 Å². The van der Waals surface area contributed by atoms with Crippen molar-refractivity contribution in [2.45, 2.75) is 25.3 Å². The van der Waals surface area contributed by atoms with E-state index in [1.54, 1.807) is 36.4 Å². The number of nitrogens with one attached hydrogen (secondary N) is 1. The first kappa shape index (κ1) is 15.8. The van der Waals surface area contributed by atoms with Crippen LogP contribution in [0.5, 0.6) is 11.6 Å². The average molecular weight is 332 g/mol. The van der Waals surface area contributed by atoms with Gasteiger partial charge in [-0.1, -0.05) is 11.6 Å². The lowest BCUT2D eigenvalue weighted by Crippen LogP contribution is -2.23. The minimum atomic E-state index is 0.0131. The summed E-state index contributed by atoms with van der Waals surface area (Å²) in [6.07, 6.45) is 4.06. The van der Waals surface area contributed by atoms with Crippen LogP contribution in [0.25, 0.3) is 0 Å². The van der Waals surface area contributed by atoms with Gasteiger partial charge in [-0.05, 0) is 49.6 Å². The van der Waals surface area contributed by atoms with Crippen LogP contribution in [0.15, 0.2) is 42.6 Å². The average Bonchev–Trinajstić information content (AvgIpc) is 2.98. The molecule has 1 heterocycles. The van der Waals surface area contributed by atoms with Crippen molar-refractivity contribution in [2.75, 3.05) is 5.32 Å². The number of carbonyl (C=O) groups excluding carboxylic acids is 1. The zero-order valence-electron chi connectivity index (χ0n) is 12.5. The second-order valence-corrected chi connectivity index (χ2v) is 6.14. The maximum atomic E-state index is 12.1. The Hall–Kier alpha value is -2.11. The summed E-state index contributed by atoms with van der Waals surface area (Å²) in [6.45, 7) is 0. The van der Waals surface area contributed by atoms with Gasteiger partial charge in [0.05, 0.1) is 5.02 Å². The predicted octanol–water partition coefficient (Wildman–Crippen LogP) is 3.59. The summed E-state index contributed by atoms with van der Waals surface area (Å²) >= 11 is 5.78. The van der Waals surface area contributed by atoms with E-state index >= 15 is 0 Å². The number of carbonyl (C=O) groups is 1. The van der Waals surface area contributed by atoms with Gasteiger partial charge < -0.3 is 15.8 Å². The molecule has 0 radical (unpaired) electrons. The molecule has 1 amide bonds. The number of amides is 1. The molecular weight excluding hydrogens is 314 g/mol. The van der Waals surface area contributed by atoms with Crippen molar-refractivity contribution in [3.05, 3.63) is 47.6 Å². The number of rotatable bonds is 4. The first-order valence-electron chi connectivity index (χ1n) is 7.56. The quantitative estimate of drug-likeness (QED) is 0.897. The van der Waals surface area contributed by atoms with Crippen molar-refractivity contribution in [1.29, 1.82) is 0 Å². The Balaban J connectivity index is 1.58. The Kier molecular flexibility index (Phi) is 4.79. The number of anilines is 1. The van der Waals surface area contributed by atoms with Crippen LogP contribution >= 0.6 is 11.6 Å². The van der Waals surface area contributed by atoms with E-state index in [2.05, 4.69) is 10.3 Å². The van der Waals surface area contributed by atoms with Gasteiger partial charge in [-0.3, -0.25) is 4.79 Å².